The highest BCUT2D eigenvalue weighted by atomic mass is 19.4. The number of hydrogen-bond donors (Lipinski definition) is 4. The van der Waals surface area contributed by atoms with Gasteiger partial charge in [0.1, 0.15) is 18.5 Å². The number of terminal acetylenes is 1. The molecule has 3 heterocycles. The third kappa shape index (κ3) is 3.65. The highest BCUT2D eigenvalue weighted by Gasteiger charge is 2.55. The molecule has 4 atom stereocenters. The first-order valence-corrected chi connectivity index (χ1v) is 9.41. The van der Waals surface area contributed by atoms with Gasteiger partial charge in [0.05, 0.1) is 18.5 Å². The average molecular weight is 449 g/mol. The van der Waals surface area contributed by atoms with E-state index in [1.54, 1.807) is 0 Å². The third-order valence-electron chi connectivity index (χ3n) is 5.26. The summed E-state index contributed by atoms with van der Waals surface area (Å²) >= 11 is 0. The lowest BCUT2D eigenvalue weighted by molar-refractivity contribution is -0.137. The van der Waals surface area contributed by atoms with Crippen LogP contribution in [0.5, 0.6) is 0 Å². The molecule has 0 spiro atoms. The molecule has 32 heavy (non-hydrogen) atoms. The first kappa shape index (κ1) is 22.0. The van der Waals surface area contributed by atoms with Crippen molar-refractivity contribution in [3.63, 3.8) is 0 Å². The van der Waals surface area contributed by atoms with E-state index in [2.05, 4.69) is 26.2 Å². The maximum absolute atomic E-state index is 12.9. The fourth-order valence-corrected chi connectivity index (χ4v) is 3.54. The third-order valence-corrected chi connectivity index (χ3v) is 5.26. The van der Waals surface area contributed by atoms with Gasteiger partial charge in [0.2, 0.25) is 0 Å². The standard InChI is InChI=1S/C20H18F3N5O4/c1-2-19(31)13(8-29)32-18(15(19)30)28-10-27-14-16(25-9-26-17(14)28)24-7-11-4-3-5-12(6-11)20(21,22)23/h1,3-6,9-10,13,15,18,29-31H,7-8H2,(H,24,25,26)/t13-,15+,18-,19-/m1/s1. The van der Waals surface area contributed by atoms with Crippen molar-refractivity contribution in [1.29, 1.82) is 0 Å². The average Bonchev–Trinajstić information content (AvgIpc) is 3.31. The molecule has 0 aliphatic carbocycles. The van der Waals surface area contributed by atoms with Crippen LogP contribution in [0.4, 0.5) is 19.0 Å². The Morgan fingerprint density at radius 2 is 2.06 bits per heavy atom. The minimum atomic E-state index is -4.45. The number of nitrogens with zero attached hydrogens (tertiary/aromatic N) is 4. The Morgan fingerprint density at radius 3 is 2.72 bits per heavy atom. The summed E-state index contributed by atoms with van der Waals surface area (Å²) in [5.41, 5.74) is -2.03. The number of imidazole rings is 1. The number of anilines is 1. The zero-order valence-electron chi connectivity index (χ0n) is 16.4. The number of ether oxygens (including phenoxy) is 1. The second-order valence-electron chi connectivity index (χ2n) is 7.21. The van der Waals surface area contributed by atoms with E-state index < -0.39 is 42.4 Å². The first-order valence-electron chi connectivity index (χ1n) is 9.41. The number of halogens is 3. The predicted molar refractivity (Wildman–Crippen MR) is 105 cm³/mol. The summed E-state index contributed by atoms with van der Waals surface area (Å²) < 4.78 is 45.6. The van der Waals surface area contributed by atoms with Crippen LogP contribution >= 0.6 is 0 Å². The molecule has 1 aliphatic heterocycles. The Morgan fingerprint density at radius 1 is 1.28 bits per heavy atom. The molecule has 0 saturated carbocycles. The van der Waals surface area contributed by atoms with Crippen molar-refractivity contribution in [3.05, 3.63) is 48.0 Å². The van der Waals surface area contributed by atoms with Crippen molar-refractivity contribution in [2.45, 2.75) is 36.8 Å². The molecule has 4 rings (SSSR count). The van der Waals surface area contributed by atoms with Crippen LogP contribution in [0.25, 0.3) is 11.2 Å². The van der Waals surface area contributed by atoms with Crippen LogP contribution in [0.15, 0.2) is 36.9 Å². The van der Waals surface area contributed by atoms with Crippen molar-refractivity contribution in [3.8, 4) is 12.3 Å². The molecule has 0 bridgehead atoms. The quantitative estimate of drug-likeness (QED) is 0.427. The Labute approximate surface area is 179 Å². The second-order valence-corrected chi connectivity index (χ2v) is 7.21. The summed E-state index contributed by atoms with van der Waals surface area (Å²) in [5, 5.41) is 33.4. The Kier molecular flexibility index (Phi) is 5.51. The smallest absolute Gasteiger partial charge is 0.394 e. The molecule has 4 N–H and O–H groups in total. The van der Waals surface area contributed by atoms with E-state index in [0.717, 1.165) is 12.1 Å². The zero-order chi connectivity index (χ0) is 23.1. The van der Waals surface area contributed by atoms with E-state index >= 15 is 0 Å². The maximum Gasteiger partial charge on any atom is 0.416 e. The highest BCUT2D eigenvalue weighted by Crippen LogP contribution is 2.38. The lowest BCUT2D eigenvalue weighted by atomic mass is 9.93. The number of aliphatic hydroxyl groups is 3. The molecular weight excluding hydrogens is 431 g/mol. The maximum atomic E-state index is 12.9. The second kappa shape index (κ2) is 8.03. The SMILES string of the molecule is C#C[C@@]1(O)[C@@H](CO)O[C@@H](n2cnc3c(NCc4cccc(C(F)(F)F)c4)ncnc32)[C@@H]1O. The van der Waals surface area contributed by atoms with E-state index in [1.807, 2.05) is 0 Å². The molecule has 1 saturated heterocycles. The molecule has 12 heteroatoms. The predicted octanol–water partition coefficient (Wildman–Crippen LogP) is 1.07. The number of rotatable bonds is 5. The Balaban J connectivity index is 1.60. The number of aliphatic hydroxyl groups excluding tert-OH is 2. The van der Waals surface area contributed by atoms with Gasteiger partial charge in [-0.05, 0) is 17.7 Å². The van der Waals surface area contributed by atoms with Crippen molar-refractivity contribution >= 4 is 17.0 Å². The largest absolute Gasteiger partial charge is 0.416 e. The number of aromatic nitrogens is 4. The van der Waals surface area contributed by atoms with Crippen LogP contribution in [-0.2, 0) is 17.5 Å². The van der Waals surface area contributed by atoms with Gasteiger partial charge in [0.25, 0.3) is 0 Å². The molecule has 1 aromatic carbocycles. The molecule has 168 valence electrons. The van der Waals surface area contributed by atoms with Gasteiger partial charge in [-0.2, -0.15) is 13.2 Å². The van der Waals surface area contributed by atoms with E-state index in [9.17, 15) is 28.5 Å². The molecule has 0 amide bonds. The van der Waals surface area contributed by atoms with Gasteiger partial charge >= 0.3 is 6.18 Å². The number of alkyl halides is 3. The van der Waals surface area contributed by atoms with Gasteiger partial charge in [-0.25, -0.2) is 15.0 Å². The van der Waals surface area contributed by atoms with Crippen LogP contribution in [0.1, 0.15) is 17.4 Å². The summed E-state index contributed by atoms with van der Waals surface area (Å²) in [6.45, 7) is -0.589. The van der Waals surface area contributed by atoms with Crippen LogP contribution in [0.2, 0.25) is 0 Å². The van der Waals surface area contributed by atoms with Gasteiger partial charge in [-0.3, -0.25) is 4.57 Å². The van der Waals surface area contributed by atoms with Crippen LogP contribution < -0.4 is 5.32 Å². The minimum Gasteiger partial charge on any atom is -0.394 e. The molecule has 1 aliphatic rings. The fraction of sp³-hybridized carbons (Fsp3) is 0.350. The summed E-state index contributed by atoms with van der Waals surface area (Å²) in [5.74, 6) is 2.30. The molecule has 9 nitrogen and oxygen atoms in total. The van der Waals surface area contributed by atoms with Crippen LogP contribution in [-0.4, -0.2) is 59.3 Å². The normalized spacial score (nSPS) is 25.7. The number of benzene rings is 1. The lowest BCUT2D eigenvalue weighted by Crippen LogP contribution is -2.47. The van der Waals surface area contributed by atoms with Crippen LogP contribution in [0.3, 0.4) is 0 Å². The number of nitrogens with one attached hydrogen (secondary N) is 1. The fourth-order valence-electron chi connectivity index (χ4n) is 3.54. The Bertz CT molecular complexity index is 1180. The van der Waals surface area contributed by atoms with Gasteiger partial charge in [0, 0.05) is 6.54 Å². The molecule has 2 aromatic heterocycles. The summed E-state index contributed by atoms with van der Waals surface area (Å²) in [7, 11) is 0. The summed E-state index contributed by atoms with van der Waals surface area (Å²) in [6.07, 6.45) is -0.639. The zero-order valence-corrected chi connectivity index (χ0v) is 16.4. The van der Waals surface area contributed by atoms with Crippen molar-refractivity contribution in [1.82, 2.24) is 19.5 Å². The minimum absolute atomic E-state index is 0.0366. The van der Waals surface area contributed by atoms with Crippen molar-refractivity contribution < 1.29 is 33.2 Å². The number of fused-ring (bicyclic) bond motifs is 1. The number of hydrogen-bond acceptors (Lipinski definition) is 8. The molecule has 0 radical (unpaired) electrons. The van der Waals surface area contributed by atoms with E-state index in [1.165, 1.54) is 29.4 Å². The Hall–Kier alpha value is -3.24. The lowest BCUT2D eigenvalue weighted by Gasteiger charge is -2.23. The van der Waals surface area contributed by atoms with Crippen LogP contribution in [0, 0.1) is 12.3 Å². The molecule has 0 unspecified atom stereocenters. The van der Waals surface area contributed by atoms with Crippen molar-refractivity contribution in [2.24, 2.45) is 0 Å². The van der Waals surface area contributed by atoms with E-state index in [4.69, 9.17) is 11.2 Å². The molecule has 1 fully saturated rings. The van der Waals surface area contributed by atoms with E-state index in [-0.39, 0.29) is 23.5 Å². The van der Waals surface area contributed by atoms with Crippen molar-refractivity contribution in [2.75, 3.05) is 11.9 Å². The van der Waals surface area contributed by atoms with Gasteiger partial charge in [0.15, 0.2) is 28.8 Å². The van der Waals surface area contributed by atoms with E-state index in [0.29, 0.717) is 5.56 Å². The molecule has 3 aromatic rings. The van der Waals surface area contributed by atoms with Gasteiger partial charge in [-0.1, -0.05) is 18.1 Å². The topological polar surface area (TPSA) is 126 Å². The van der Waals surface area contributed by atoms with Gasteiger partial charge in [-0.15, -0.1) is 6.42 Å². The highest BCUT2D eigenvalue weighted by molar-refractivity contribution is 5.82. The summed E-state index contributed by atoms with van der Waals surface area (Å²) in [4.78, 5) is 12.4. The first-order chi connectivity index (χ1) is 15.2. The summed E-state index contributed by atoms with van der Waals surface area (Å²) in [6, 6.07) is 4.87. The molecular formula is C20H18F3N5O4. The van der Waals surface area contributed by atoms with Gasteiger partial charge < -0.3 is 25.4 Å². The monoisotopic (exact) mass is 449 g/mol.